The molecule has 2 fully saturated rings. The molecule has 19 heavy (non-hydrogen) atoms. The van der Waals surface area contributed by atoms with Gasteiger partial charge in [-0.3, -0.25) is 4.90 Å². The van der Waals surface area contributed by atoms with Gasteiger partial charge in [0.25, 0.3) is 0 Å². The van der Waals surface area contributed by atoms with E-state index >= 15 is 0 Å². The van der Waals surface area contributed by atoms with Crippen LogP contribution in [0.4, 0.5) is 0 Å². The molecule has 0 unspecified atom stereocenters. The lowest BCUT2D eigenvalue weighted by molar-refractivity contribution is 0.0230. The molecule has 1 atom stereocenters. The smallest absolute Gasteiger partial charge is 0.0594 e. The van der Waals surface area contributed by atoms with E-state index < -0.39 is 0 Å². The van der Waals surface area contributed by atoms with Gasteiger partial charge in [-0.05, 0) is 25.5 Å². The van der Waals surface area contributed by atoms with Crippen LogP contribution in [0.2, 0.25) is 0 Å². The number of thioether (sulfide) groups is 1. The first-order valence-electron chi connectivity index (χ1n) is 7.90. The van der Waals surface area contributed by atoms with Gasteiger partial charge in [-0.2, -0.15) is 11.8 Å². The first kappa shape index (κ1) is 15.6. The Morgan fingerprint density at radius 2 is 1.95 bits per heavy atom. The minimum atomic E-state index is 0.380. The second-order valence-electron chi connectivity index (χ2n) is 6.08. The molecule has 0 spiro atoms. The summed E-state index contributed by atoms with van der Waals surface area (Å²) in [4.78, 5) is 2.60. The Kier molecular flexibility index (Phi) is 6.46. The first-order valence-corrected chi connectivity index (χ1v) is 9.05. The van der Waals surface area contributed by atoms with E-state index in [-0.39, 0.29) is 0 Å². The van der Waals surface area contributed by atoms with E-state index in [9.17, 15) is 0 Å². The van der Waals surface area contributed by atoms with Crippen LogP contribution in [0.5, 0.6) is 0 Å². The average Bonchev–Trinajstić information content (AvgIpc) is 2.85. The molecule has 0 radical (unpaired) electrons. The van der Waals surface area contributed by atoms with Crippen LogP contribution >= 0.6 is 11.8 Å². The summed E-state index contributed by atoms with van der Waals surface area (Å²) in [5, 5.41) is 3.97. The Balaban J connectivity index is 1.85. The van der Waals surface area contributed by atoms with Crippen LogP contribution < -0.4 is 5.32 Å². The lowest BCUT2D eigenvalue weighted by atomic mass is 9.95. The zero-order chi connectivity index (χ0) is 13.6. The van der Waals surface area contributed by atoms with Crippen molar-refractivity contribution in [2.75, 3.05) is 44.4 Å². The molecule has 0 bridgehead atoms. The average molecular weight is 286 g/mol. The summed E-state index contributed by atoms with van der Waals surface area (Å²) in [6, 6.07) is 0.629. The Labute approximate surface area is 122 Å². The molecular weight excluding hydrogens is 256 g/mol. The maximum atomic E-state index is 5.47. The van der Waals surface area contributed by atoms with E-state index in [2.05, 4.69) is 24.1 Å². The molecule has 3 nitrogen and oxygen atoms in total. The minimum Gasteiger partial charge on any atom is -0.379 e. The molecule has 1 saturated carbocycles. The van der Waals surface area contributed by atoms with Crippen molar-refractivity contribution in [3.63, 3.8) is 0 Å². The zero-order valence-electron chi connectivity index (χ0n) is 12.6. The predicted octanol–water partition coefficient (Wildman–Crippen LogP) is 2.36. The third kappa shape index (κ3) is 4.92. The molecule has 0 aromatic heterocycles. The molecule has 1 aliphatic heterocycles. The molecule has 2 aliphatic rings. The number of nitrogens with one attached hydrogen (secondary N) is 1. The lowest BCUT2D eigenvalue weighted by Gasteiger charge is -2.39. The van der Waals surface area contributed by atoms with Crippen molar-refractivity contribution in [1.29, 1.82) is 0 Å². The van der Waals surface area contributed by atoms with Gasteiger partial charge in [-0.25, -0.2) is 0 Å². The van der Waals surface area contributed by atoms with E-state index in [0.717, 1.165) is 26.3 Å². The van der Waals surface area contributed by atoms with Crippen LogP contribution in [0, 0.1) is 0 Å². The van der Waals surface area contributed by atoms with Crippen molar-refractivity contribution < 1.29 is 4.74 Å². The molecule has 1 aliphatic carbocycles. The van der Waals surface area contributed by atoms with Gasteiger partial charge in [0, 0.05) is 37.0 Å². The molecule has 0 aromatic carbocycles. The van der Waals surface area contributed by atoms with Crippen LogP contribution in [0.15, 0.2) is 0 Å². The van der Waals surface area contributed by atoms with Crippen LogP contribution in [-0.2, 0) is 4.74 Å². The van der Waals surface area contributed by atoms with Gasteiger partial charge in [0.15, 0.2) is 0 Å². The van der Waals surface area contributed by atoms with Crippen LogP contribution in [0.1, 0.15) is 39.5 Å². The number of rotatable bonds is 7. The highest BCUT2D eigenvalue weighted by atomic mass is 32.2. The third-order valence-corrected chi connectivity index (χ3v) is 5.46. The maximum absolute atomic E-state index is 5.47. The molecule has 1 saturated heterocycles. The van der Waals surface area contributed by atoms with Crippen molar-refractivity contribution in [1.82, 2.24) is 10.2 Å². The number of morpholine rings is 1. The van der Waals surface area contributed by atoms with Gasteiger partial charge < -0.3 is 10.1 Å². The summed E-state index contributed by atoms with van der Waals surface area (Å²) in [5.74, 6) is 2.46. The topological polar surface area (TPSA) is 24.5 Å². The second-order valence-corrected chi connectivity index (χ2v) is 7.40. The first-order chi connectivity index (χ1) is 9.24. The number of nitrogens with zero attached hydrogens (tertiary/aromatic N) is 1. The van der Waals surface area contributed by atoms with Gasteiger partial charge >= 0.3 is 0 Å². The van der Waals surface area contributed by atoms with Crippen molar-refractivity contribution >= 4 is 11.8 Å². The molecule has 4 heteroatoms. The highest BCUT2D eigenvalue weighted by molar-refractivity contribution is 7.99. The fourth-order valence-corrected chi connectivity index (χ4v) is 4.12. The Bertz CT molecular complexity index is 251. The molecule has 2 rings (SSSR count). The summed E-state index contributed by atoms with van der Waals surface area (Å²) < 4.78 is 5.47. The summed E-state index contributed by atoms with van der Waals surface area (Å²) in [5.41, 5.74) is 0.380. The number of ether oxygens (including phenoxy) is 1. The Morgan fingerprint density at radius 3 is 2.58 bits per heavy atom. The summed E-state index contributed by atoms with van der Waals surface area (Å²) >= 11 is 2.05. The standard InChI is InChI=1S/C15H30N2OS/c1-3-19-12-14(2)16-15(6-4-5-7-15)13-17-8-10-18-11-9-17/h14,16H,3-13H2,1-2H3/t14-/m0/s1. The largest absolute Gasteiger partial charge is 0.379 e. The van der Waals surface area contributed by atoms with Gasteiger partial charge in [-0.15, -0.1) is 0 Å². The highest BCUT2D eigenvalue weighted by Crippen LogP contribution is 2.31. The molecule has 1 N–H and O–H groups in total. The lowest BCUT2D eigenvalue weighted by Crippen LogP contribution is -2.56. The van der Waals surface area contributed by atoms with Crippen molar-refractivity contribution in [3.05, 3.63) is 0 Å². The maximum Gasteiger partial charge on any atom is 0.0594 e. The predicted molar refractivity (Wildman–Crippen MR) is 84.1 cm³/mol. The molecular formula is C15H30N2OS. The Morgan fingerprint density at radius 1 is 1.26 bits per heavy atom. The zero-order valence-corrected chi connectivity index (χ0v) is 13.4. The van der Waals surface area contributed by atoms with E-state index in [1.807, 2.05) is 11.8 Å². The van der Waals surface area contributed by atoms with E-state index in [1.165, 1.54) is 43.7 Å². The van der Waals surface area contributed by atoms with Gasteiger partial charge in [-0.1, -0.05) is 19.8 Å². The van der Waals surface area contributed by atoms with Gasteiger partial charge in [0.2, 0.25) is 0 Å². The quantitative estimate of drug-likeness (QED) is 0.776. The summed E-state index contributed by atoms with van der Waals surface area (Å²) in [7, 11) is 0. The fourth-order valence-electron chi connectivity index (χ4n) is 3.45. The van der Waals surface area contributed by atoms with Crippen molar-refractivity contribution in [2.24, 2.45) is 0 Å². The monoisotopic (exact) mass is 286 g/mol. The van der Waals surface area contributed by atoms with Crippen LogP contribution in [-0.4, -0.2) is 60.8 Å². The van der Waals surface area contributed by atoms with Crippen LogP contribution in [0.25, 0.3) is 0 Å². The summed E-state index contributed by atoms with van der Waals surface area (Å²) in [6.45, 7) is 9.87. The SMILES string of the molecule is CCSC[C@H](C)NC1(CN2CCOCC2)CCCC1. The third-order valence-electron chi connectivity index (χ3n) is 4.32. The highest BCUT2D eigenvalue weighted by Gasteiger charge is 2.36. The minimum absolute atomic E-state index is 0.380. The normalized spacial score (nSPS) is 25.6. The Hall–Kier alpha value is 0.230. The van der Waals surface area contributed by atoms with Gasteiger partial charge in [0.1, 0.15) is 0 Å². The number of hydrogen-bond donors (Lipinski definition) is 1. The van der Waals surface area contributed by atoms with E-state index in [0.29, 0.717) is 11.6 Å². The molecule has 112 valence electrons. The van der Waals surface area contributed by atoms with E-state index in [4.69, 9.17) is 4.74 Å². The van der Waals surface area contributed by atoms with Crippen molar-refractivity contribution in [3.8, 4) is 0 Å². The summed E-state index contributed by atoms with van der Waals surface area (Å²) in [6.07, 6.45) is 5.49. The molecule has 0 aromatic rings. The number of hydrogen-bond acceptors (Lipinski definition) is 4. The van der Waals surface area contributed by atoms with Crippen LogP contribution in [0.3, 0.4) is 0 Å². The molecule has 0 amide bonds. The van der Waals surface area contributed by atoms with Gasteiger partial charge in [0.05, 0.1) is 13.2 Å². The van der Waals surface area contributed by atoms with E-state index in [1.54, 1.807) is 0 Å². The van der Waals surface area contributed by atoms with Crippen molar-refractivity contribution in [2.45, 2.75) is 51.1 Å². The second kappa shape index (κ2) is 7.87. The fraction of sp³-hybridized carbons (Fsp3) is 1.00. The molecule has 1 heterocycles.